The van der Waals surface area contributed by atoms with E-state index in [1.807, 2.05) is 0 Å². The fourth-order valence-corrected chi connectivity index (χ4v) is 2.04. The van der Waals surface area contributed by atoms with Crippen molar-refractivity contribution < 1.29 is 20.1 Å². The van der Waals surface area contributed by atoms with Crippen molar-refractivity contribution in [3.63, 3.8) is 0 Å². The zero-order valence-electron chi connectivity index (χ0n) is 10.5. The molecule has 0 bridgehead atoms. The molecule has 0 radical (unpaired) electrons. The highest BCUT2D eigenvalue weighted by molar-refractivity contribution is 4.98. The fraction of sp³-hybridized carbons (Fsp3) is 1.00. The monoisotopic (exact) mass is 272 g/mol. The lowest BCUT2D eigenvalue weighted by atomic mass is 9.89. The van der Waals surface area contributed by atoms with E-state index >= 15 is 0 Å². The maximum absolute atomic E-state index is 10.0. The van der Waals surface area contributed by atoms with Gasteiger partial charge in [0.2, 0.25) is 0 Å². The van der Waals surface area contributed by atoms with Crippen LogP contribution >= 0.6 is 0 Å². The van der Waals surface area contributed by atoms with Gasteiger partial charge in [-0.25, -0.2) is 0 Å². The summed E-state index contributed by atoms with van der Waals surface area (Å²) >= 11 is 0. The molecule has 1 fully saturated rings. The Morgan fingerprint density at radius 3 is 2.58 bits per heavy atom. The zero-order valence-corrected chi connectivity index (χ0v) is 10.5. The Balaban J connectivity index is 3.02. The summed E-state index contributed by atoms with van der Waals surface area (Å²) < 4.78 is 5.24. The van der Waals surface area contributed by atoms with Crippen LogP contribution in [0.1, 0.15) is 20.3 Å². The summed E-state index contributed by atoms with van der Waals surface area (Å²) in [5.41, 5.74) is 16.8. The maximum Gasteiger partial charge on any atom is 0.165 e. The molecular weight excluding hydrogens is 256 g/mol. The van der Waals surface area contributed by atoms with Gasteiger partial charge in [-0.15, -0.1) is 0 Å². The highest BCUT2D eigenvalue weighted by Gasteiger charge is 2.46. The molecule has 3 unspecified atom stereocenters. The molecule has 6 atom stereocenters. The van der Waals surface area contributed by atoms with E-state index < -0.39 is 36.2 Å². The van der Waals surface area contributed by atoms with Crippen LogP contribution in [-0.4, -0.2) is 51.5 Å². The summed E-state index contributed by atoms with van der Waals surface area (Å²) in [6, 6.07) is -1.94. The smallest absolute Gasteiger partial charge is 0.165 e. The van der Waals surface area contributed by atoms with Crippen molar-refractivity contribution in [3.05, 3.63) is 20.9 Å². The average Bonchev–Trinajstić information content (AvgIpc) is 2.31. The van der Waals surface area contributed by atoms with Crippen LogP contribution in [0, 0.1) is 0 Å². The number of azide groups is 2. The Labute approximate surface area is 108 Å². The number of aliphatic hydroxyl groups excluding tert-OH is 2. The molecule has 106 valence electrons. The van der Waals surface area contributed by atoms with Gasteiger partial charge in [-0.05, 0) is 18.0 Å². The molecule has 0 aromatic carbocycles. The topological polar surface area (TPSA) is 167 Å². The molecule has 0 aromatic heterocycles. The molecule has 19 heavy (non-hydrogen) atoms. The van der Waals surface area contributed by atoms with E-state index in [-0.39, 0.29) is 6.42 Å². The number of hydrogen-bond donors (Lipinski definition) is 3. The molecule has 1 saturated heterocycles. The molecular formula is C9H16N6O4. The summed E-state index contributed by atoms with van der Waals surface area (Å²) in [6.45, 7) is 2.76. The average molecular weight is 272 g/mol. The zero-order chi connectivity index (χ0) is 14.6. The predicted octanol–water partition coefficient (Wildman–Crippen LogP) is 0.583. The molecule has 10 heteroatoms. The Morgan fingerprint density at radius 1 is 1.42 bits per heavy atom. The standard InChI is InChI=1S/C9H16N6O4/c1-4(12-14-10)7(17)8-6(13-15-11)5(16)3-9(2,18)19-8/h4-8,16-18H,3H2,1-2H3/t4?,5-,6-,7?,8?,9-/m1/s1. The number of ether oxygens (including phenoxy) is 1. The van der Waals surface area contributed by atoms with Crippen molar-refractivity contribution in [3.8, 4) is 0 Å². The van der Waals surface area contributed by atoms with Crippen molar-refractivity contribution in [1.82, 2.24) is 0 Å². The molecule has 1 rings (SSSR count). The van der Waals surface area contributed by atoms with Gasteiger partial charge in [0.25, 0.3) is 0 Å². The molecule has 1 aliphatic heterocycles. The second kappa shape index (κ2) is 6.07. The second-order valence-corrected chi connectivity index (χ2v) is 4.66. The van der Waals surface area contributed by atoms with Crippen LogP contribution in [0.2, 0.25) is 0 Å². The van der Waals surface area contributed by atoms with Gasteiger partial charge in [-0.1, -0.05) is 17.2 Å². The molecule has 1 heterocycles. The van der Waals surface area contributed by atoms with Crippen LogP contribution in [-0.2, 0) is 4.74 Å². The van der Waals surface area contributed by atoms with E-state index in [0.29, 0.717) is 0 Å². The Kier molecular flexibility index (Phi) is 4.96. The lowest BCUT2D eigenvalue weighted by molar-refractivity contribution is -0.283. The summed E-state index contributed by atoms with van der Waals surface area (Å²) in [5, 5.41) is 36.4. The molecule has 0 amide bonds. The van der Waals surface area contributed by atoms with Gasteiger partial charge in [0.05, 0.1) is 30.4 Å². The minimum Gasteiger partial charge on any atom is -0.392 e. The summed E-state index contributed by atoms with van der Waals surface area (Å²) in [4.78, 5) is 5.14. The van der Waals surface area contributed by atoms with Gasteiger partial charge >= 0.3 is 0 Å². The van der Waals surface area contributed by atoms with Crippen molar-refractivity contribution in [2.24, 2.45) is 10.2 Å². The predicted molar refractivity (Wildman–Crippen MR) is 63.7 cm³/mol. The van der Waals surface area contributed by atoms with E-state index in [4.69, 9.17) is 15.8 Å². The van der Waals surface area contributed by atoms with E-state index in [1.54, 1.807) is 0 Å². The molecule has 1 aliphatic rings. The van der Waals surface area contributed by atoms with Gasteiger partial charge in [0.1, 0.15) is 0 Å². The number of nitrogens with zero attached hydrogens (tertiary/aromatic N) is 6. The van der Waals surface area contributed by atoms with Crippen molar-refractivity contribution in [2.45, 2.75) is 56.5 Å². The first-order valence-corrected chi connectivity index (χ1v) is 5.67. The molecule has 0 saturated carbocycles. The molecule has 0 aliphatic carbocycles. The minimum absolute atomic E-state index is 0.157. The van der Waals surface area contributed by atoms with Crippen molar-refractivity contribution >= 4 is 0 Å². The second-order valence-electron chi connectivity index (χ2n) is 4.66. The quantitative estimate of drug-likeness (QED) is 0.386. The first-order valence-electron chi connectivity index (χ1n) is 5.67. The van der Waals surface area contributed by atoms with Gasteiger partial charge < -0.3 is 20.1 Å². The highest BCUT2D eigenvalue weighted by Crippen LogP contribution is 2.31. The largest absolute Gasteiger partial charge is 0.392 e. The molecule has 3 N–H and O–H groups in total. The normalized spacial score (nSPS) is 37.6. The van der Waals surface area contributed by atoms with Gasteiger partial charge in [-0.3, -0.25) is 0 Å². The highest BCUT2D eigenvalue weighted by atomic mass is 16.6. The SMILES string of the molecule is CC(N=[N+]=[N-])C(O)C1O[C@@](C)(O)C[C@@H](O)[C@H]1N=[N+]=[N-]. The third-order valence-electron chi connectivity index (χ3n) is 2.96. The number of hydrogen-bond acceptors (Lipinski definition) is 6. The third kappa shape index (κ3) is 3.71. The molecule has 0 aromatic rings. The summed E-state index contributed by atoms with van der Waals surface area (Å²) in [6.07, 6.45) is -3.82. The van der Waals surface area contributed by atoms with E-state index in [1.165, 1.54) is 13.8 Å². The van der Waals surface area contributed by atoms with Crippen molar-refractivity contribution in [2.75, 3.05) is 0 Å². The third-order valence-corrected chi connectivity index (χ3v) is 2.96. The first kappa shape index (κ1) is 15.5. The maximum atomic E-state index is 10.0. The van der Waals surface area contributed by atoms with Gasteiger partial charge in [-0.2, -0.15) is 0 Å². The molecule has 10 nitrogen and oxygen atoms in total. The van der Waals surface area contributed by atoms with E-state index in [2.05, 4.69) is 20.1 Å². The lowest BCUT2D eigenvalue weighted by Crippen LogP contribution is -2.58. The first-order chi connectivity index (χ1) is 8.82. The Hall–Kier alpha value is -1.54. The minimum atomic E-state index is -1.66. The number of rotatable bonds is 4. The van der Waals surface area contributed by atoms with Crippen LogP contribution < -0.4 is 0 Å². The van der Waals surface area contributed by atoms with E-state index in [0.717, 1.165) is 0 Å². The Morgan fingerprint density at radius 2 is 2.05 bits per heavy atom. The molecule has 0 spiro atoms. The van der Waals surface area contributed by atoms with Crippen molar-refractivity contribution in [1.29, 1.82) is 0 Å². The summed E-state index contributed by atoms with van der Waals surface area (Å²) in [5.74, 6) is -1.66. The van der Waals surface area contributed by atoms with Crippen LogP contribution in [0.4, 0.5) is 0 Å². The van der Waals surface area contributed by atoms with Crippen LogP contribution in [0.25, 0.3) is 20.9 Å². The number of aliphatic hydroxyl groups is 3. The van der Waals surface area contributed by atoms with Crippen LogP contribution in [0.15, 0.2) is 10.2 Å². The van der Waals surface area contributed by atoms with Gasteiger partial charge in [0, 0.05) is 16.2 Å². The lowest BCUT2D eigenvalue weighted by Gasteiger charge is -2.43. The van der Waals surface area contributed by atoms with Crippen LogP contribution in [0.5, 0.6) is 0 Å². The Bertz CT molecular complexity index is 417. The fourth-order valence-electron chi connectivity index (χ4n) is 2.04. The van der Waals surface area contributed by atoms with Gasteiger partial charge in [0.15, 0.2) is 5.79 Å². The summed E-state index contributed by atoms with van der Waals surface area (Å²) in [7, 11) is 0. The van der Waals surface area contributed by atoms with E-state index in [9.17, 15) is 15.3 Å². The van der Waals surface area contributed by atoms with Crippen LogP contribution in [0.3, 0.4) is 0 Å².